The number of aromatic nitrogens is 2. The first kappa shape index (κ1) is 9.83. The molecule has 2 aromatic rings. The number of H-pyrrole nitrogens is 1. The van der Waals surface area contributed by atoms with E-state index in [1.165, 1.54) is 0 Å². The molecule has 1 aromatic carbocycles. The summed E-state index contributed by atoms with van der Waals surface area (Å²) in [6.45, 7) is 4.05. The van der Waals surface area contributed by atoms with E-state index in [9.17, 15) is 4.79 Å². The summed E-state index contributed by atoms with van der Waals surface area (Å²) >= 11 is 0. The summed E-state index contributed by atoms with van der Waals surface area (Å²) < 4.78 is 7.02. The van der Waals surface area contributed by atoms with Crippen molar-refractivity contribution in [3.63, 3.8) is 0 Å². The third-order valence-electron chi connectivity index (χ3n) is 2.45. The summed E-state index contributed by atoms with van der Waals surface area (Å²) in [6, 6.07) is 5.81. The van der Waals surface area contributed by atoms with E-state index in [-0.39, 0.29) is 11.6 Å². The number of nitrogens with zero attached hydrogens (tertiary/aromatic N) is 1. The summed E-state index contributed by atoms with van der Waals surface area (Å²) in [6.07, 6.45) is 0. The molecule has 1 aromatic heterocycles. The fraction of sp³-hybridized carbons (Fsp3) is 0.364. The highest BCUT2D eigenvalue weighted by atomic mass is 16.5. The first-order valence-electron chi connectivity index (χ1n) is 4.92. The SMILES string of the molecule is COc1cccc2c1c(=O)[nH]n2C(C)C. The maximum absolute atomic E-state index is 11.7. The van der Waals surface area contributed by atoms with Gasteiger partial charge in [-0.05, 0) is 26.0 Å². The van der Waals surface area contributed by atoms with E-state index >= 15 is 0 Å². The highest BCUT2D eigenvalue weighted by Crippen LogP contribution is 2.23. The molecule has 0 aliphatic rings. The van der Waals surface area contributed by atoms with Crippen molar-refractivity contribution >= 4 is 10.9 Å². The first-order valence-corrected chi connectivity index (χ1v) is 4.92. The van der Waals surface area contributed by atoms with Crippen LogP contribution < -0.4 is 10.3 Å². The molecule has 0 aliphatic heterocycles. The Labute approximate surface area is 87.5 Å². The minimum atomic E-state index is -0.101. The minimum absolute atomic E-state index is 0.101. The van der Waals surface area contributed by atoms with Crippen LogP contribution in [-0.4, -0.2) is 16.9 Å². The third-order valence-corrected chi connectivity index (χ3v) is 2.45. The van der Waals surface area contributed by atoms with E-state index in [4.69, 9.17) is 4.74 Å². The molecule has 1 N–H and O–H groups in total. The summed E-state index contributed by atoms with van der Waals surface area (Å²) in [5.41, 5.74) is 0.783. The molecule has 0 amide bonds. The Balaban J connectivity index is 2.86. The topological polar surface area (TPSA) is 47.0 Å². The van der Waals surface area contributed by atoms with E-state index in [0.717, 1.165) is 5.52 Å². The summed E-state index contributed by atoms with van der Waals surface area (Å²) in [5.74, 6) is 0.619. The summed E-state index contributed by atoms with van der Waals surface area (Å²) in [7, 11) is 1.57. The molecular formula is C11H14N2O2. The quantitative estimate of drug-likeness (QED) is 0.816. The van der Waals surface area contributed by atoms with Gasteiger partial charge in [-0.15, -0.1) is 0 Å². The van der Waals surface area contributed by atoms with Crippen LogP contribution >= 0.6 is 0 Å². The van der Waals surface area contributed by atoms with Crippen LogP contribution in [0.2, 0.25) is 0 Å². The second kappa shape index (κ2) is 3.46. The van der Waals surface area contributed by atoms with E-state index in [1.54, 1.807) is 13.2 Å². The summed E-state index contributed by atoms with van der Waals surface area (Å²) in [5, 5.41) is 3.43. The Morgan fingerprint density at radius 3 is 2.73 bits per heavy atom. The largest absolute Gasteiger partial charge is 0.496 e. The average Bonchev–Trinajstić information content (AvgIpc) is 2.56. The zero-order valence-corrected chi connectivity index (χ0v) is 9.07. The number of fused-ring (bicyclic) bond motifs is 1. The Morgan fingerprint density at radius 1 is 1.40 bits per heavy atom. The van der Waals surface area contributed by atoms with Crippen molar-refractivity contribution in [1.29, 1.82) is 0 Å². The van der Waals surface area contributed by atoms with Crippen LogP contribution in [0.15, 0.2) is 23.0 Å². The number of nitrogens with one attached hydrogen (secondary N) is 1. The lowest BCUT2D eigenvalue weighted by atomic mass is 10.2. The minimum Gasteiger partial charge on any atom is -0.496 e. The Hall–Kier alpha value is -1.71. The van der Waals surface area contributed by atoms with Crippen LogP contribution in [-0.2, 0) is 0 Å². The average molecular weight is 206 g/mol. The second-order valence-corrected chi connectivity index (χ2v) is 3.76. The monoisotopic (exact) mass is 206 g/mol. The van der Waals surface area contributed by atoms with Crippen molar-refractivity contribution in [2.75, 3.05) is 7.11 Å². The zero-order valence-electron chi connectivity index (χ0n) is 9.07. The van der Waals surface area contributed by atoms with Gasteiger partial charge in [0.2, 0.25) is 0 Å². The molecule has 0 saturated heterocycles. The van der Waals surface area contributed by atoms with Crippen molar-refractivity contribution in [2.45, 2.75) is 19.9 Å². The Morgan fingerprint density at radius 2 is 2.13 bits per heavy atom. The molecule has 0 radical (unpaired) electrons. The van der Waals surface area contributed by atoms with Gasteiger partial charge in [-0.3, -0.25) is 14.6 Å². The van der Waals surface area contributed by atoms with Crippen molar-refractivity contribution in [2.24, 2.45) is 0 Å². The normalized spacial score (nSPS) is 11.2. The number of hydrogen-bond acceptors (Lipinski definition) is 2. The molecule has 4 heteroatoms. The van der Waals surface area contributed by atoms with Gasteiger partial charge in [-0.25, -0.2) is 0 Å². The standard InChI is InChI=1S/C11H14N2O2/c1-7(2)13-8-5-4-6-9(15-3)10(8)11(14)12-13/h4-7H,1-3H3,(H,12,14). The van der Waals surface area contributed by atoms with E-state index < -0.39 is 0 Å². The molecule has 15 heavy (non-hydrogen) atoms. The van der Waals surface area contributed by atoms with Crippen molar-refractivity contribution in [1.82, 2.24) is 9.78 Å². The molecule has 4 nitrogen and oxygen atoms in total. The maximum Gasteiger partial charge on any atom is 0.275 e. The highest BCUT2D eigenvalue weighted by Gasteiger charge is 2.12. The number of aromatic amines is 1. The fourth-order valence-corrected chi connectivity index (χ4v) is 1.75. The fourth-order valence-electron chi connectivity index (χ4n) is 1.75. The second-order valence-electron chi connectivity index (χ2n) is 3.76. The van der Waals surface area contributed by atoms with Gasteiger partial charge < -0.3 is 4.74 Å². The molecular weight excluding hydrogens is 192 g/mol. The van der Waals surface area contributed by atoms with E-state index in [2.05, 4.69) is 5.10 Å². The lowest BCUT2D eigenvalue weighted by molar-refractivity contribution is 0.419. The molecule has 1 heterocycles. The molecule has 0 spiro atoms. The molecule has 0 aliphatic carbocycles. The number of benzene rings is 1. The van der Waals surface area contributed by atoms with E-state index in [0.29, 0.717) is 11.1 Å². The van der Waals surface area contributed by atoms with E-state index in [1.807, 2.05) is 30.7 Å². The van der Waals surface area contributed by atoms with Crippen molar-refractivity contribution in [3.8, 4) is 5.75 Å². The van der Waals surface area contributed by atoms with Crippen LogP contribution in [0.4, 0.5) is 0 Å². The predicted molar refractivity (Wildman–Crippen MR) is 59.5 cm³/mol. The van der Waals surface area contributed by atoms with Gasteiger partial charge in [0.05, 0.1) is 12.6 Å². The van der Waals surface area contributed by atoms with Gasteiger partial charge in [-0.1, -0.05) is 6.07 Å². The maximum atomic E-state index is 11.7. The highest BCUT2D eigenvalue weighted by molar-refractivity contribution is 5.85. The zero-order chi connectivity index (χ0) is 11.0. The van der Waals surface area contributed by atoms with Gasteiger partial charge >= 0.3 is 0 Å². The number of hydrogen-bond donors (Lipinski definition) is 1. The molecule has 80 valence electrons. The number of ether oxygens (including phenoxy) is 1. The van der Waals surface area contributed by atoms with Crippen LogP contribution in [0.3, 0.4) is 0 Å². The van der Waals surface area contributed by atoms with Crippen LogP contribution in [0.1, 0.15) is 19.9 Å². The van der Waals surface area contributed by atoms with Gasteiger partial charge in [0.15, 0.2) is 0 Å². The lowest BCUT2D eigenvalue weighted by Crippen LogP contribution is -2.07. The first-order chi connectivity index (χ1) is 7.15. The Kier molecular flexibility index (Phi) is 2.26. The third kappa shape index (κ3) is 1.42. The molecule has 0 bridgehead atoms. The van der Waals surface area contributed by atoms with Gasteiger partial charge in [0.1, 0.15) is 11.1 Å². The predicted octanol–water partition coefficient (Wildman–Crippen LogP) is 1.92. The number of rotatable bonds is 2. The summed E-state index contributed by atoms with van der Waals surface area (Å²) in [4.78, 5) is 11.7. The molecule has 2 rings (SSSR count). The van der Waals surface area contributed by atoms with Crippen molar-refractivity contribution in [3.05, 3.63) is 28.6 Å². The van der Waals surface area contributed by atoms with Crippen LogP contribution in [0.25, 0.3) is 10.9 Å². The van der Waals surface area contributed by atoms with Gasteiger partial charge in [0, 0.05) is 6.04 Å². The smallest absolute Gasteiger partial charge is 0.275 e. The lowest BCUT2D eigenvalue weighted by Gasteiger charge is -2.08. The molecule has 0 fully saturated rings. The van der Waals surface area contributed by atoms with Crippen LogP contribution in [0.5, 0.6) is 5.75 Å². The molecule has 0 saturated carbocycles. The Bertz CT molecular complexity index is 537. The molecule has 0 unspecified atom stereocenters. The molecule has 0 atom stereocenters. The van der Waals surface area contributed by atoms with Gasteiger partial charge in [-0.2, -0.15) is 0 Å². The van der Waals surface area contributed by atoms with Crippen molar-refractivity contribution < 1.29 is 4.74 Å². The van der Waals surface area contributed by atoms with Gasteiger partial charge in [0.25, 0.3) is 5.56 Å². The number of methoxy groups -OCH3 is 1. The van der Waals surface area contributed by atoms with Crippen LogP contribution in [0, 0.1) is 0 Å².